The van der Waals surface area contributed by atoms with Gasteiger partial charge >= 0.3 is 5.97 Å². The van der Waals surface area contributed by atoms with Gasteiger partial charge in [-0.1, -0.05) is 96.8 Å². The van der Waals surface area contributed by atoms with Gasteiger partial charge in [-0.2, -0.15) is 0 Å². The van der Waals surface area contributed by atoms with Crippen LogP contribution >= 0.6 is 12.2 Å². The number of carbonyl (C=O) groups excluding carboxylic acids is 1. The molecule has 0 fully saturated rings. The van der Waals surface area contributed by atoms with Crippen LogP contribution in [0.15, 0.2) is 0 Å². The lowest BCUT2D eigenvalue weighted by Gasteiger charge is -2.06. The molecule has 0 aliphatic rings. The van der Waals surface area contributed by atoms with Crippen LogP contribution in [0.5, 0.6) is 0 Å². The second kappa shape index (κ2) is 18.7. The van der Waals surface area contributed by atoms with Gasteiger partial charge in [0.1, 0.15) is 0 Å². The maximum absolute atomic E-state index is 10.7. The number of unbranched alkanes of at least 4 members (excludes halogenated alkanes) is 14. The van der Waals surface area contributed by atoms with Crippen LogP contribution in [-0.2, 0) is 9.53 Å². The third-order valence-electron chi connectivity index (χ3n) is 4.29. The maximum Gasteiger partial charge on any atom is 0.309 e. The molecule has 142 valence electrons. The van der Waals surface area contributed by atoms with E-state index in [9.17, 15) is 4.79 Å². The Hall–Kier alpha value is -0.640. The van der Waals surface area contributed by atoms with E-state index >= 15 is 0 Å². The molecule has 0 saturated carbocycles. The Bertz CT molecular complexity index is 308. The minimum absolute atomic E-state index is 0.202. The van der Waals surface area contributed by atoms with Crippen LogP contribution in [0.3, 0.4) is 0 Å². The van der Waals surface area contributed by atoms with Crippen molar-refractivity contribution >= 4 is 23.4 Å². The summed E-state index contributed by atoms with van der Waals surface area (Å²) in [6, 6.07) is 0. The number of nitrogens with one attached hydrogen (secondary N) is 1. The minimum atomic E-state index is -0.357. The quantitative estimate of drug-likeness (QED) is 0.200. The highest BCUT2D eigenvalue weighted by Crippen LogP contribution is 2.13. The topological polar surface area (TPSA) is 38.3 Å². The standard InChI is InChI=1S/C20H39NO2S/c1-3-4-5-6-7-8-9-10-11-12-13-14-15-16-17-18-21-20(24)23-19(2)22/h3-18H2,1-2H3,(H,21,24). The van der Waals surface area contributed by atoms with E-state index < -0.39 is 0 Å². The van der Waals surface area contributed by atoms with Gasteiger partial charge < -0.3 is 10.1 Å². The van der Waals surface area contributed by atoms with Crippen molar-refractivity contribution in [1.82, 2.24) is 5.32 Å². The minimum Gasteiger partial charge on any atom is -0.399 e. The van der Waals surface area contributed by atoms with Gasteiger partial charge in [0.15, 0.2) is 0 Å². The zero-order chi connectivity index (χ0) is 17.9. The highest BCUT2D eigenvalue weighted by Gasteiger charge is 1.99. The summed E-state index contributed by atoms with van der Waals surface area (Å²) < 4.78 is 4.76. The van der Waals surface area contributed by atoms with Crippen LogP contribution in [0.1, 0.15) is 110 Å². The van der Waals surface area contributed by atoms with Gasteiger partial charge in [-0.25, -0.2) is 0 Å². The van der Waals surface area contributed by atoms with E-state index in [-0.39, 0.29) is 11.1 Å². The average Bonchev–Trinajstić information content (AvgIpc) is 2.53. The van der Waals surface area contributed by atoms with E-state index in [2.05, 4.69) is 12.2 Å². The van der Waals surface area contributed by atoms with Crippen LogP contribution < -0.4 is 5.32 Å². The Morgan fingerprint density at radius 2 is 1.12 bits per heavy atom. The van der Waals surface area contributed by atoms with E-state index in [0.29, 0.717) is 0 Å². The second-order valence-electron chi connectivity index (χ2n) is 6.76. The summed E-state index contributed by atoms with van der Waals surface area (Å²) in [5.41, 5.74) is 0. The first-order chi connectivity index (χ1) is 11.7. The van der Waals surface area contributed by atoms with Gasteiger partial charge in [0.25, 0.3) is 5.17 Å². The molecule has 0 rings (SSSR count). The van der Waals surface area contributed by atoms with Gasteiger partial charge in [-0.15, -0.1) is 0 Å². The number of esters is 1. The summed E-state index contributed by atoms with van der Waals surface area (Å²) in [5, 5.41) is 3.15. The number of hydrogen-bond donors (Lipinski definition) is 1. The molecular formula is C20H39NO2S. The van der Waals surface area contributed by atoms with E-state index in [1.165, 1.54) is 96.8 Å². The molecule has 24 heavy (non-hydrogen) atoms. The van der Waals surface area contributed by atoms with Crippen LogP contribution in [0.2, 0.25) is 0 Å². The Balaban J connectivity index is 3.07. The summed E-state index contributed by atoms with van der Waals surface area (Å²) in [6.07, 6.45) is 20.5. The molecule has 0 heterocycles. The highest BCUT2D eigenvalue weighted by molar-refractivity contribution is 7.80. The molecule has 0 aromatic carbocycles. The SMILES string of the molecule is CCCCCCCCCCCCCCCCCNC(=S)OC(C)=O. The van der Waals surface area contributed by atoms with Crippen LogP contribution in [0.25, 0.3) is 0 Å². The van der Waals surface area contributed by atoms with Crippen molar-refractivity contribution in [3.05, 3.63) is 0 Å². The molecule has 4 heteroatoms. The van der Waals surface area contributed by atoms with Crippen molar-refractivity contribution in [3.63, 3.8) is 0 Å². The summed E-state index contributed by atoms with van der Waals surface area (Å²) in [5.74, 6) is -0.357. The molecule has 0 spiro atoms. The van der Waals surface area contributed by atoms with Gasteiger partial charge in [-0.05, 0) is 18.6 Å². The maximum atomic E-state index is 10.7. The number of ether oxygens (including phenoxy) is 1. The van der Waals surface area contributed by atoms with Gasteiger partial charge in [-0.3, -0.25) is 4.79 Å². The largest absolute Gasteiger partial charge is 0.399 e. The summed E-state index contributed by atoms with van der Waals surface area (Å²) in [7, 11) is 0. The van der Waals surface area contributed by atoms with Crippen LogP contribution in [-0.4, -0.2) is 17.7 Å². The third kappa shape index (κ3) is 19.4. The van der Waals surface area contributed by atoms with Gasteiger partial charge in [0.2, 0.25) is 0 Å². The van der Waals surface area contributed by atoms with Gasteiger partial charge in [0, 0.05) is 13.5 Å². The predicted molar refractivity (Wildman–Crippen MR) is 107 cm³/mol. The lowest BCUT2D eigenvalue weighted by molar-refractivity contribution is -0.133. The fourth-order valence-electron chi connectivity index (χ4n) is 2.85. The van der Waals surface area contributed by atoms with Crippen molar-refractivity contribution in [2.45, 2.75) is 110 Å². The molecule has 0 aliphatic heterocycles. The number of carbonyl (C=O) groups is 1. The third-order valence-corrected chi connectivity index (χ3v) is 4.51. The molecule has 0 atom stereocenters. The van der Waals surface area contributed by atoms with E-state index in [0.717, 1.165) is 13.0 Å². The predicted octanol–water partition coefficient (Wildman–Crippen LogP) is 6.30. The van der Waals surface area contributed by atoms with Crippen molar-refractivity contribution < 1.29 is 9.53 Å². The smallest absolute Gasteiger partial charge is 0.309 e. The number of thiocarbonyl (C=S) groups is 1. The van der Waals surface area contributed by atoms with Crippen LogP contribution in [0.4, 0.5) is 0 Å². The normalized spacial score (nSPS) is 10.6. The molecule has 0 aromatic heterocycles. The molecule has 0 amide bonds. The van der Waals surface area contributed by atoms with Crippen LogP contribution in [0, 0.1) is 0 Å². The molecule has 0 bridgehead atoms. The zero-order valence-electron chi connectivity index (χ0n) is 16.0. The molecule has 0 radical (unpaired) electrons. The monoisotopic (exact) mass is 357 g/mol. The zero-order valence-corrected chi connectivity index (χ0v) is 16.9. The molecule has 0 aliphatic carbocycles. The molecular weight excluding hydrogens is 318 g/mol. The molecule has 0 aromatic rings. The van der Waals surface area contributed by atoms with E-state index in [1.807, 2.05) is 0 Å². The fourth-order valence-corrected chi connectivity index (χ4v) is 3.07. The van der Waals surface area contributed by atoms with Crippen molar-refractivity contribution in [2.75, 3.05) is 6.54 Å². The number of rotatable bonds is 16. The van der Waals surface area contributed by atoms with Crippen molar-refractivity contribution in [2.24, 2.45) is 0 Å². The Labute approximate surface area is 155 Å². The number of hydrogen-bond acceptors (Lipinski definition) is 3. The average molecular weight is 358 g/mol. The molecule has 1 N–H and O–H groups in total. The summed E-state index contributed by atoms with van der Waals surface area (Å²) >= 11 is 4.88. The Morgan fingerprint density at radius 3 is 1.50 bits per heavy atom. The first kappa shape index (κ1) is 23.4. The van der Waals surface area contributed by atoms with E-state index in [1.54, 1.807) is 0 Å². The van der Waals surface area contributed by atoms with Crippen molar-refractivity contribution in [1.29, 1.82) is 0 Å². The first-order valence-corrected chi connectivity index (χ1v) is 10.5. The Kier molecular flexibility index (Phi) is 18.2. The lowest BCUT2D eigenvalue weighted by atomic mass is 10.0. The highest BCUT2D eigenvalue weighted by atomic mass is 32.1. The first-order valence-electron chi connectivity index (χ1n) is 10.1. The second-order valence-corrected chi connectivity index (χ2v) is 7.13. The summed E-state index contributed by atoms with van der Waals surface area (Å²) in [6.45, 7) is 4.43. The molecule has 0 saturated heterocycles. The molecule has 0 unspecified atom stereocenters. The summed E-state index contributed by atoms with van der Waals surface area (Å²) in [4.78, 5) is 10.7. The fraction of sp³-hybridized carbons (Fsp3) is 0.900. The lowest BCUT2D eigenvalue weighted by Crippen LogP contribution is -2.26. The molecule has 3 nitrogen and oxygen atoms in total. The van der Waals surface area contributed by atoms with Crippen molar-refractivity contribution in [3.8, 4) is 0 Å². The van der Waals surface area contributed by atoms with E-state index in [4.69, 9.17) is 17.0 Å². The Morgan fingerprint density at radius 1 is 0.750 bits per heavy atom. The van der Waals surface area contributed by atoms with Gasteiger partial charge in [0.05, 0.1) is 0 Å².